The molecule has 5 unspecified atom stereocenters. The zero-order valence-corrected chi connectivity index (χ0v) is 11.6. The van der Waals surface area contributed by atoms with Gasteiger partial charge in [0.2, 0.25) is 5.91 Å². The molecule has 0 aromatic rings. The van der Waals surface area contributed by atoms with Crippen LogP contribution < -0.4 is 5.32 Å². The van der Waals surface area contributed by atoms with Crippen molar-refractivity contribution in [1.29, 1.82) is 0 Å². The average Bonchev–Trinajstić information content (AvgIpc) is 3.07. The van der Waals surface area contributed by atoms with E-state index in [2.05, 4.69) is 17.5 Å². The molecule has 0 aromatic carbocycles. The third-order valence-corrected chi connectivity index (χ3v) is 5.46. The topological polar surface area (TPSA) is 49.3 Å². The lowest BCUT2D eigenvalue weighted by molar-refractivity contribution is -0.126. The molecule has 3 aliphatic rings. The molecule has 3 heteroatoms. The molecule has 0 aliphatic heterocycles. The van der Waals surface area contributed by atoms with Crippen molar-refractivity contribution in [2.75, 3.05) is 13.2 Å². The van der Waals surface area contributed by atoms with Crippen molar-refractivity contribution >= 4 is 5.91 Å². The summed E-state index contributed by atoms with van der Waals surface area (Å²) in [6.07, 6.45) is 11.5. The summed E-state index contributed by atoms with van der Waals surface area (Å²) in [5.41, 5.74) is 0. The Hall–Kier alpha value is -0.830. The first-order valence-electron chi connectivity index (χ1n) is 7.85. The number of carbonyl (C=O) groups is 1. The van der Waals surface area contributed by atoms with Gasteiger partial charge >= 0.3 is 0 Å². The van der Waals surface area contributed by atoms with Gasteiger partial charge in [0.1, 0.15) is 0 Å². The van der Waals surface area contributed by atoms with Crippen molar-refractivity contribution in [2.45, 2.75) is 38.5 Å². The van der Waals surface area contributed by atoms with E-state index in [1.807, 2.05) is 0 Å². The fourth-order valence-corrected chi connectivity index (χ4v) is 4.24. The Kier molecular flexibility index (Phi) is 3.92. The van der Waals surface area contributed by atoms with E-state index in [9.17, 15) is 9.90 Å². The third kappa shape index (κ3) is 2.71. The lowest BCUT2D eigenvalue weighted by Gasteiger charge is -2.31. The maximum Gasteiger partial charge on any atom is 0.223 e. The molecule has 2 saturated carbocycles. The number of aliphatic hydroxyl groups excluding tert-OH is 1. The summed E-state index contributed by atoms with van der Waals surface area (Å²) in [6, 6.07) is 0. The number of amides is 1. The highest BCUT2D eigenvalue weighted by atomic mass is 16.3. The predicted molar refractivity (Wildman–Crippen MR) is 74.4 cm³/mol. The zero-order valence-electron chi connectivity index (χ0n) is 11.6. The minimum absolute atomic E-state index is 0.214. The SMILES string of the molecule is O=C(NCC1CCCCC1CO)C1CC2C=CC1C2. The Morgan fingerprint density at radius 2 is 1.95 bits per heavy atom. The van der Waals surface area contributed by atoms with Gasteiger partial charge in [-0.05, 0) is 49.4 Å². The first-order chi connectivity index (χ1) is 9.28. The number of hydrogen-bond acceptors (Lipinski definition) is 2. The van der Waals surface area contributed by atoms with Crippen LogP contribution in [0.3, 0.4) is 0 Å². The summed E-state index contributed by atoms with van der Waals surface area (Å²) < 4.78 is 0. The van der Waals surface area contributed by atoms with E-state index < -0.39 is 0 Å². The van der Waals surface area contributed by atoms with Crippen molar-refractivity contribution < 1.29 is 9.90 Å². The first-order valence-corrected chi connectivity index (χ1v) is 7.85. The maximum atomic E-state index is 12.3. The van der Waals surface area contributed by atoms with Crippen molar-refractivity contribution in [2.24, 2.45) is 29.6 Å². The van der Waals surface area contributed by atoms with E-state index in [-0.39, 0.29) is 18.4 Å². The molecule has 3 nitrogen and oxygen atoms in total. The van der Waals surface area contributed by atoms with Gasteiger partial charge in [-0.1, -0.05) is 25.0 Å². The molecule has 2 N–H and O–H groups in total. The van der Waals surface area contributed by atoms with Crippen LogP contribution in [0.15, 0.2) is 12.2 Å². The molecule has 106 valence electrons. The third-order valence-electron chi connectivity index (χ3n) is 5.46. The van der Waals surface area contributed by atoms with E-state index in [4.69, 9.17) is 0 Å². The lowest BCUT2D eigenvalue weighted by atomic mass is 9.79. The number of nitrogens with one attached hydrogen (secondary N) is 1. The van der Waals surface area contributed by atoms with Gasteiger partial charge in [-0.15, -0.1) is 0 Å². The van der Waals surface area contributed by atoms with Gasteiger partial charge in [-0.25, -0.2) is 0 Å². The fourth-order valence-electron chi connectivity index (χ4n) is 4.24. The van der Waals surface area contributed by atoms with Gasteiger partial charge in [0.05, 0.1) is 0 Å². The monoisotopic (exact) mass is 263 g/mol. The number of aliphatic hydroxyl groups is 1. The molecule has 1 amide bonds. The largest absolute Gasteiger partial charge is 0.396 e. The highest BCUT2D eigenvalue weighted by Gasteiger charge is 2.39. The predicted octanol–water partition coefficient (Wildman–Crippen LogP) is 2.11. The highest BCUT2D eigenvalue weighted by Crippen LogP contribution is 2.43. The number of carbonyl (C=O) groups excluding carboxylic acids is 1. The minimum Gasteiger partial charge on any atom is -0.396 e. The minimum atomic E-state index is 0.214. The smallest absolute Gasteiger partial charge is 0.223 e. The van der Waals surface area contributed by atoms with E-state index in [1.54, 1.807) is 0 Å². The molecular weight excluding hydrogens is 238 g/mol. The van der Waals surface area contributed by atoms with Crippen LogP contribution in [-0.4, -0.2) is 24.2 Å². The molecule has 0 aromatic heterocycles. The van der Waals surface area contributed by atoms with Crippen molar-refractivity contribution in [1.82, 2.24) is 5.32 Å². The van der Waals surface area contributed by atoms with Crippen LogP contribution in [0.4, 0.5) is 0 Å². The van der Waals surface area contributed by atoms with Gasteiger partial charge in [0.15, 0.2) is 0 Å². The number of rotatable bonds is 4. The van der Waals surface area contributed by atoms with Crippen LogP contribution in [-0.2, 0) is 4.79 Å². The molecule has 0 saturated heterocycles. The second-order valence-corrected chi connectivity index (χ2v) is 6.62. The number of fused-ring (bicyclic) bond motifs is 2. The van der Waals surface area contributed by atoms with E-state index in [1.165, 1.54) is 19.3 Å². The van der Waals surface area contributed by atoms with Gasteiger partial charge in [0.25, 0.3) is 0 Å². The molecule has 3 rings (SSSR count). The number of hydrogen-bond donors (Lipinski definition) is 2. The summed E-state index contributed by atoms with van der Waals surface area (Å²) in [7, 11) is 0. The van der Waals surface area contributed by atoms with Gasteiger partial charge < -0.3 is 10.4 Å². The molecule has 19 heavy (non-hydrogen) atoms. The Balaban J connectivity index is 1.49. The summed E-state index contributed by atoms with van der Waals surface area (Å²) in [5.74, 6) is 2.49. The highest BCUT2D eigenvalue weighted by molar-refractivity contribution is 5.80. The molecule has 3 aliphatic carbocycles. The van der Waals surface area contributed by atoms with Crippen molar-refractivity contribution in [3.8, 4) is 0 Å². The molecule has 2 fully saturated rings. The Morgan fingerprint density at radius 1 is 1.16 bits per heavy atom. The van der Waals surface area contributed by atoms with Gasteiger partial charge in [-0.2, -0.15) is 0 Å². The van der Waals surface area contributed by atoms with Gasteiger partial charge in [0, 0.05) is 19.1 Å². The molecule has 2 bridgehead atoms. The van der Waals surface area contributed by atoms with Crippen LogP contribution in [0, 0.1) is 29.6 Å². The van der Waals surface area contributed by atoms with E-state index in [0.717, 1.165) is 25.8 Å². The summed E-state index contributed by atoms with van der Waals surface area (Å²) in [5, 5.41) is 12.6. The fraction of sp³-hybridized carbons (Fsp3) is 0.812. The van der Waals surface area contributed by atoms with Gasteiger partial charge in [-0.3, -0.25) is 4.79 Å². The zero-order chi connectivity index (χ0) is 13.2. The Labute approximate surface area is 115 Å². The molecule has 5 atom stereocenters. The molecular formula is C16H25NO2. The first kappa shape index (κ1) is 13.2. The van der Waals surface area contributed by atoms with Crippen LogP contribution in [0.5, 0.6) is 0 Å². The molecule has 0 spiro atoms. The van der Waals surface area contributed by atoms with Crippen LogP contribution >= 0.6 is 0 Å². The summed E-state index contributed by atoms with van der Waals surface area (Å²) in [4.78, 5) is 12.3. The maximum absolute atomic E-state index is 12.3. The average molecular weight is 263 g/mol. The summed E-state index contributed by atoms with van der Waals surface area (Å²) in [6.45, 7) is 1.04. The van der Waals surface area contributed by atoms with E-state index >= 15 is 0 Å². The number of allylic oxidation sites excluding steroid dienone is 2. The molecule has 0 radical (unpaired) electrons. The normalized spacial score (nSPS) is 40.6. The quantitative estimate of drug-likeness (QED) is 0.763. The van der Waals surface area contributed by atoms with Crippen molar-refractivity contribution in [3.05, 3.63) is 12.2 Å². The second-order valence-electron chi connectivity index (χ2n) is 6.62. The van der Waals surface area contributed by atoms with Crippen LogP contribution in [0.2, 0.25) is 0 Å². The standard InChI is InChI=1S/C16H25NO2/c18-10-14-4-2-1-3-13(14)9-17-16(19)15-8-11-5-6-12(15)7-11/h5-6,11-15,18H,1-4,7-10H2,(H,17,19). The van der Waals surface area contributed by atoms with Crippen LogP contribution in [0.1, 0.15) is 38.5 Å². The van der Waals surface area contributed by atoms with Crippen LogP contribution in [0.25, 0.3) is 0 Å². The molecule has 0 heterocycles. The van der Waals surface area contributed by atoms with Crippen molar-refractivity contribution in [3.63, 3.8) is 0 Å². The Morgan fingerprint density at radius 3 is 2.58 bits per heavy atom. The lowest BCUT2D eigenvalue weighted by Crippen LogP contribution is -2.39. The van der Waals surface area contributed by atoms with E-state index in [0.29, 0.717) is 23.7 Å². The summed E-state index contributed by atoms with van der Waals surface area (Å²) >= 11 is 0. The second kappa shape index (κ2) is 5.66. The Bertz CT molecular complexity index is 366.